The molecule has 2 aliphatic heterocycles. The second-order valence-corrected chi connectivity index (χ2v) is 6.77. The van der Waals surface area contributed by atoms with E-state index in [9.17, 15) is 18.3 Å². The number of carboxylic acids is 1. The molecule has 2 rings (SSSR count). The van der Waals surface area contributed by atoms with Gasteiger partial charge in [0, 0.05) is 26.2 Å². The highest BCUT2D eigenvalue weighted by molar-refractivity contribution is 7.86. The zero-order valence-electron chi connectivity index (χ0n) is 10.0. The second-order valence-electron chi connectivity index (χ2n) is 4.84. The molecular weight excluding hydrogens is 260 g/mol. The molecule has 0 aromatic carbocycles. The van der Waals surface area contributed by atoms with Gasteiger partial charge in [-0.25, -0.2) is 0 Å². The molecule has 2 heterocycles. The fraction of sp³-hybridized carbons (Fsp3) is 0.900. The minimum absolute atomic E-state index is 0.0320. The summed E-state index contributed by atoms with van der Waals surface area (Å²) in [6, 6.07) is 0. The van der Waals surface area contributed by atoms with Crippen LogP contribution in [0.15, 0.2) is 0 Å². The van der Waals surface area contributed by atoms with Crippen LogP contribution in [-0.4, -0.2) is 65.5 Å². The van der Waals surface area contributed by atoms with Gasteiger partial charge in [-0.3, -0.25) is 4.79 Å². The Morgan fingerprint density at radius 2 is 1.78 bits per heavy atom. The Labute approximate surface area is 106 Å². The van der Waals surface area contributed by atoms with Crippen LogP contribution in [-0.2, 0) is 15.0 Å². The molecule has 1 unspecified atom stereocenters. The molecular formula is C10H18N2O5S. The molecule has 0 spiro atoms. The standard InChI is InChI=1S/C10H18N2O5S/c13-9-3-5-12(7-9)18(16,17)11-4-1-2-8(6-11)10(14)15/h8-9,13H,1-7H2,(H,14,15)/t8?,9-/m0/s1. The van der Waals surface area contributed by atoms with Gasteiger partial charge >= 0.3 is 5.97 Å². The van der Waals surface area contributed by atoms with Crippen LogP contribution in [0.4, 0.5) is 0 Å². The molecule has 18 heavy (non-hydrogen) atoms. The van der Waals surface area contributed by atoms with Crippen molar-refractivity contribution in [2.45, 2.75) is 25.4 Å². The maximum Gasteiger partial charge on any atom is 0.307 e. The van der Waals surface area contributed by atoms with E-state index in [1.807, 2.05) is 0 Å². The number of hydrogen-bond acceptors (Lipinski definition) is 4. The van der Waals surface area contributed by atoms with E-state index in [1.54, 1.807) is 0 Å². The highest BCUT2D eigenvalue weighted by Crippen LogP contribution is 2.23. The molecule has 2 saturated heterocycles. The molecule has 0 aromatic heterocycles. The first-order valence-electron chi connectivity index (χ1n) is 6.07. The number of rotatable bonds is 3. The van der Waals surface area contributed by atoms with Crippen LogP contribution in [0.3, 0.4) is 0 Å². The summed E-state index contributed by atoms with van der Waals surface area (Å²) < 4.78 is 27.0. The molecule has 0 bridgehead atoms. The number of nitrogens with zero attached hydrogens (tertiary/aromatic N) is 2. The molecule has 0 amide bonds. The van der Waals surface area contributed by atoms with Crippen molar-refractivity contribution in [2.75, 3.05) is 26.2 Å². The predicted molar refractivity (Wildman–Crippen MR) is 63.0 cm³/mol. The average Bonchev–Trinajstić information content (AvgIpc) is 2.77. The lowest BCUT2D eigenvalue weighted by Crippen LogP contribution is -2.48. The van der Waals surface area contributed by atoms with Crippen LogP contribution >= 0.6 is 0 Å². The predicted octanol–water partition coefficient (Wildman–Crippen LogP) is -0.906. The lowest BCUT2D eigenvalue weighted by molar-refractivity contribution is -0.142. The van der Waals surface area contributed by atoms with Gasteiger partial charge < -0.3 is 10.2 Å². The maximum absolute atomic E-state index is 12.2. The molecule has 7 nitrogen and oxygen atoms in total. The summed E-state index contributed by atoms with van der Waals surface area (Å²) in [5.41, 5.74) is 0. The topological polar surface area (TPSA) is 98.2 Å². The third-order valence-corrected chi connectivity index (χ3v) is 5.48. The Morgan fingerprint density at radius 3 is 2.33 bits per heavy atom. The van der Waals surface area contributed by atoms with E-state index in [-0.39, 0.29) is 13.1 Å². The summed E-state index contributed by atoms with van der Waals surface area (Å²) >= 11 is 0. The molecule has 0 aromatic rings. The summed E-state index contributed by atoms with van der Waals surface area (Å²) in [4.78, 5) is 10.9. The Bertz CT molecular complexity index is 424. The Morgan fingerprint density at radius 1 is 1.11 bits per heavy atom. The van der Waals surface area contributed by atoms with Crippen molar-refractivity contribution in [1.29, 1.82) is 0 Å². The number of β-amino-alcohol motifs (C(OH)–C–C–N with tert-alkyl or cyclic N) is 1. The van der Waals surface area contributed by atoms with E-state index < -0.39 is 28.2 Å². The quantitative estimate of drug-likeness (QED) is 0.697. The summed E-state index contributed by atoms with van der Waals surface area (Å²) in [6.07, 6.45) is 0.909. The van der Waals surface area contributed by atoms with Crippen molar-refractivity contribution in [3.63, 3.8) is 0 Å². The highest BCUT2D eigenvalue weighted by atomic mass is 32.2. The first kappa shape index (κ1) is 13.7. The van der Waals surface area contributed by atoms with Crippen molar-refractivity contribution >= 4 is 16.2 Å². The maximum atomic E-state index is 12.2. The molecule has 2 fully saturated rings. The minimum atomic E-state index is -3.62. The second kappa shape index (κ2) is 5.12. The van der Waals surface area contributed by atoms with E-state index in [0.717, 1.165) is 0 Å². The van der Waals surface area contributed by atoms with Crippen LogP contribution in [0.5, 0.6) is 0 Å². The van der Waals surface area contributed by atoms with Crippen molar-refractivity contribution in [3.05, 3.63) is 0 Å². The van der Waals surface area contributed by atoms with Gasteiger partial charge in [-0.15, -0.1) is 0 Å². The summed E-state index contributed by atoms with van der Waals surface area (Å²) in [5, 5.41) is 18.3. The molecule has 0 aliphatic carbocycles. The largest absolute Gasteiger partial charge is 0.481 e. The molecule has 0 saturated carbocycles. The first-order chi connectivity index (χ1) is 8.41. The fourth-order valence-electron chi connectivity index (χ4n) is 2.44. The third-order valence-electron chi connectivity index (χ3n) is 3.51. The zero-order chi connectivity index (χ0) is 13.3. The van der Waals surface area contributed by atoms with Gasteiger partial charge in [0.1, 0.15) is 0 Å². The Hall–Kier alpha value is -0.700. The van der Waals surface area contributed by atoms with Gasteiger partial charge in [0.15, 0.2) is 0 Å². The SMILES string of the molecule is O=C(O)C1CCCN(S(=O)(=O)N2CC[C@H](O)C2)C1. The van der Waals surface area contributed by atoms with Crippen molar-refractivity contribution in [1.82, 2.24) is 8.61 Å². The molecule has 0 radical (unpaired) electrons. The van der Waals surface area contributed by atoms with Crippen molar-refractivity contribution < 1.29 is 23.4 Å². The number of hydrogen-bond donors (Lipinski definition) is 2. The molecule has 2 aliphatic rings. The lowest BCUT2D eigenvalue weighted by atomic mass is 10.0. The van der Waals surface area contributed by atoms with Gasteiger partial charge in [0.2, 0.25) is 0 Å². The fourth-order valence-corrected chi connectivity index (χ4v) is 4.19. The van der Waals surface area contributed by atoms with Crippen LogP contribution < -0.4 is 0 Å². The van der Waals surface area contributed by atoms with E-state index in [4.69, 9.17) is 5.11 Å². The van der Waals surface area contributed by atoms with Gasteiger partial charge in [0.25, 0.3) is 10.2 Å². The van der Waals surface area contributed by atoms with Gasteiger partial charge in [-0.05, 0) is 19.3 Å². The van der Waals surface area contributed by atoms with Crippen LogP contribution in [0, 0.1) is 5.92 Å². The smallest absolute Gasteiger partial charge is 0.307 e. The van der Waals surface area contributed by atoms with Crippen molar-refractivity contribution in [2.24, 2.45) is 5.92 Å². The van der Waals surface area contributed by atoms with Gasteiger partial charge in [0.05, 0.1) is 12.0 Å². The Balaban J connectivity index is 2.07. The normalized spacial score (nSPS) is 31.6. The first-order valence-corrected chi connectivity index (χ1v) is 7.47. The highest BCUT2D eigenvalue weighted by Gasteiger charge is 2.38. The number of carbonyl (C=O) groups is 1. The van der Waals surface area contributed by atoms with Crippen LogP contribution in [0.2, 0.25) is 0 Å². The third kappa shape index (κ3) is 2.66. The number of piperidine rings is 1. The van der Waals surface area contributed by atoms with E-state index in [2.05, 4.69) is 0 Å². The van der Waals surface area contributed by atoms with E-state index >= 15 is 0 Å². The molecule has 2 N–H and O–H groups in total. The molecule has 8 heteroatoms. The number of aliphatic carboxylic acids is 1. The Kier molecular flexibility index (Phi) is 3.90. The number of aliphatic hydroxyl groups excluding tert-OH is 1. The van der Waals surface area contributed by atoms with Crippen LogP contribution in [0.1, 0.15) is 19.3 Å². The van der Waals surface area contributed by atoms with Crippen LogP contribution in [0.25, 0.3) is 0 Å². The van der Waals surface area contributed by atoms with Gasteiger partial charge in [-0.1, -0.05) is 0 Å². The summed E-state index contributed by atoms with van der Waals surface area (Å²) in [7, 11) is -3.62. The molecule has 104 valence electrons. The zero-order valence-corrected chi connectivity index (χ0v) is 10.8. The summed E-state index contributed by atoms with van der Waals surface area (Å²) in [6.45, 7) is 0.803. The molecule has 2 atom stereocenters. The number of aliphatic hydroxyl groups is 1. The van der Waals surface area contributed by atoms with Gasteiger partial charge in [-0.2, -0.15) is 17.0 Å². The van der Waals surface area contributed by atoms with Crippen molar-refractivity contribution in [3.8, 4) is 0 Å². The van der Waals surface area contributed by atoms with E-state index in [0.29, 0.717) is 32.4 Å². The van der Waals surface area contributed by atoms with E-state index in [1.165, 1.54) is 8.61 Å². The average molecular weight is 278 g/mol. The lowest BCUT2D eigenvalue weighted by Gasteiger charge is -2.32. The monoisotopic (exact) mass is 278 g/mol. The minimum Gasteiger partial charge on any atom is -0.481 e. The number of carboxylic acid groups (broad SMARTS) is 1. The summed E-state index contributed by atoms with van der Waals surface area (Å²) in [5.74, 6) is -1.57.